The Kier molecular flexibility index (Phi) is 15.3. The number of likely N-dealkylation sites (N-methyl/N-ethyl adjacent to an activating group) is 1. The summed E-state index contributed by atoms with van der Waals surface area (Å²) in [6, 6.07) is 9.21. The molecule has 14 heteroatoms. The molecule has 55 heavy (non-hydrogen) atoms. The summed E-state index contributed by atoms with van der Waals surface area (Å²) in [5.41, 5.74) is -1.55. The van der Waals surface area contributed by atoms with Gasteiger partial charge < -0.3 is 43.6 Å². The van der Waals surface area contributed by atoms with Gasteiger partial charge in [-0.1, -0.05) is 63.2 Å². The number of ether oxygens (including phenoxy) is 5. The van der Waals surface area contributed by atoms with Crippen LogP contribution in [-0.4, -0.2) is 126 Å². The largest absolute Gasteiger partial charge is 0.459 e. The van der Waals surface area contributed by atoms with E-state index in [4.69, 9.17) is 28.5 Å². The summed E-state index contributed by atoms with van der Waals surface area (Å²) in [5.74, 6) is -5.21. The minimum Gasteiger partial charge on any atom is -0.459 e. The van der Waals surface area contributed by atoms with Crippen molar-refractivity contribution in [3.63, 3.8) is 0 Å². The number of hydrogen-bond donors (Lipinski definition) is 2. The molecule has 0 aromatic heterocycles. The van der Waals surface area contributed by atoms with Crippen LogP contribution in [0.4, 0.5) is 0 Å². The van der Waals surface area contributed by atoms with Crippen molar-refractivity contribution in [2.45, 2.75) is 142 Å². The number of rotatable bonds is 7. The molecule has 0 radical (unpaired) electrons. The number of esters is 1. The number of carbonyl (C=O) groups excluding carboxylic acids is 3. The van der Waals surface area contributed by atoms with Crippen LogP contribution in [0.5, 0.6) is 0 Å². The number of nitrogens with zero attached hydrogens (tertiary/aromatic N) is 3. The average Bonchev–Trinajstić information content (AvgIpc) is 3.14. The fourth-order valence-corrected chi connectivity index (χ4v) is 8.38. The number of aliphatic hydroxyl groups excluding tert-OH is 1. The molecule has 4 rings (SSSR count). The number of fused-ring (bicyclic) bond motifs is 5. The molecular formula is C41H63N3O11. The van der Waals surface area contributed by atoms with E-state index in [-0.39, 0.29) is 44.8 Å². The molecular weight excluding hydrogens is 710 g/mol. The average molecular weight is 774 g/mol. The van der Waals surface area contributed by atoms with Crippen molar-refractivity contribution in [2.75, 3.05) is 27.3 Å². The van der Waals surface area contributed by atoms with Gasteiger partial charge >= 0.3 is 5.97 Å². The molecule has 2 bridgehead atoms. The minimum absolute atomic E-state index is 0.145. The molecule has 3 fully saturated rings. The highest BCUT2D eigenvalue weighted by molar-refractivity contribution is 6.00. The number of ketones is 1. The predicted octanol–water partition coefficient (Wildman–Crippen LogP) is 4.12. The molecule has 308 valence electrons. The Hall–Kier alpha value is -3.11. The highest BCUT2D eigenvalue weighted by Crippen LogP contribution is 2.40. The number of aliphatic imine (C=N–C) groups is 1. The predicted molar refractivity (Wildman–Crippen MR) is 205 cm³/mol. The van der Waals surface area contributed by atoms with Crippen LogP contribution in [0.3, 0.4) is 0 Å². The Labute approximate surface area is 325 Å². The lowest BCUT2D eigenvalue weighted by Crippen LogP contribution is -2.60. The van der Waals surface area contributed by atoms with Gasteiger partial charge in [-0.05, 0) is 72.5 Å². The lowest BCUT2D eigenvalue weighted by Gasteiger charge is -2.47. The number of oxime groups is 1. The molecule has 1 aromatic carbocycles. The smallest absolute Gasteiger partial charge is 0.316 e. The first kappa shape index (κ1) is 44.6. The van der Waals surface area contributed by atoms with Crippen LogP contribution in [0, 0.1) is 23.7 Å². The molecule has 3 aliphatic heterocycles. The number of cyclic esters (lactones) is 1. The van der Waals surface area contributed by atoms with E-state index >= 15 is 0 Å². The SMILES string of the molecule is CC[C@H]1OC(=O)[C@H](C)C(=O)[C@H](C)[C@@H](O[C@@H]2O[C@H](C)C[C@H](N(C)C)[C@H]2O)[C@@]2(C)C[C@@H](C)C(=NC(C)=O)[C@H](C)C(OC/C(=N/OCc3ccccc3)CO2)[C@]1(C)O. The van der Waals surface area contributed by atoms with Crippen LogP contribution in [-0.2, 0) is 49.5 Å². The highest BCUT2D eigenvalue weighted by Gasteiger charge is 2.53. The van der Waals surface area contributed by atoms with Gasteiger partial charge in [-0.3, -0.25) is 14.4 Å². The molecule has 2 N–H and O–H groups in total. The fourth-order valence-electron chi connectivity index (χ4n) is 8.38. The number of amides is 1. The van der Waals surface area contributed by atoms with Gasteiger partial charge in [0.05, 0.1) is 37.1 Å². The van der Waals surface area contributed by atoms with Crippen molar-refractivity contribution in [1.82, 2.24) is 4.90 Å². The third-order valence-electron chi connectivity index (χ3n) is 11.4. The standard InChI is InChI=1S/C41H63N3O11/c1-12-32-41(9,49)37-25(4)33(42-28(7)45)23(2)19-40(8,51-22-30(21-50-37)43-52-20-29-16-14-13-15-17-29)36(26(5)34(46)27(6)38(48)54-32)55-39-35(47)31(44(10)11)18-24(3)53-39/h13-17,23-27,31-32,35-37,39,47,49H,12,18-22H2,1-11H3/b42-33?,43-30-/t23-,24-,25+,26+,27-,31+,32-,35-,36-,37?,39+,40-,41-/m1/s1. The van der Waals surface area contributed by atoms with Gasteiger partial charge in [0.25, 0.3) is 0 Å². The molecule has 1 aromatic rings. The van der Waals surface area contributed by atoms with Gasteiger partial charge in [0.2, 0.25) is 5.91 Å². The lowest BCUT2D eigenvalue weighted by atomic mass is 9.73. The topological polar surface area (TPSA) is 175 Å². The maximum Gasteiger partial charge on any atom is 0.316 e. The minimum atomic E-state index is -1.83. The Morgan fingerprint density at radius 3 is 2.33 bits per heavy atom. The molecule has 0 aliphatic carbocycles. The van der Waals surface area contributed by atoms with Crippen LogP contribution < -0.4 is 0 Å². The molecule has 3 aliphatic rings. The summed E-state index contributed by atoms with van der Waals surface area (Å²) >= 11 is 0. The van der Waals surface area contributed by atoms with Gasteiger partial charge in [-0.25, -0.2) is 4.99 Å². The second-order valence-corrected chi connectivity index (χ2v) is 16.3. The second kappa shape index (κ2) is 18.9. The first-order valence-corrected chi connectivity index (χ1v) is 19.5. The summed E-state index contributed by atoms with van der Waals surface area (Å²) < 4.78 is 32.3. The van der Waals surface area contributed by atoms with E-state index < -0.39 is 83.2 Å². The third kappa shape index (κ3) is 10.6. The summed E-state index contributed by atoms with van der Waals surface area (Å²) in [5, 5.41) is 28.4. The van der Waals surface area contributed by atoms with E-state index in [0.717, 1.165) is 5.56 Å². The van der Waals surface area contributed by atoms with E-state index in [9.17, 15) is 24.6 Å². The van der Waals surface area contributed by atoms with E-state index in [1.54, 1.807) is 20.8 Å². The van der Waals surface area contributed by atoms with Crippen molar-refractivity contribution in [2.24, 2.45) is 33.8 Å². The zero-order chi connectivity index (χ0) is 40.8. The van der Waals surface area contributed by atoms with E-state index in [1.807, 2.05) is 70.1 Å². The zero-order valence-electron chi connectivity index (χ0n) is 34.4. The maximum absolute atomic E-state index is 14.4. The Balaban J connectivity index is 1.94. The van der Waals surface area contributed by atoms with Crippen LogP contribution in [0.2, 0.25) is 0 Å². The quantitative estimate of drug-likeness (QED) is 0.231. The van der Waals surface area contributed by atoms with E-state index in [1.165, 1.54) is 20.8 Å². The number of aliphatic hydroxyl groups is 2. The molecule has 3 heterocycles. The Bertz CT molecular complexity index is 1530. The summed E-state index contributed by atoms with van der Waals surface area (Å²) in [4.78, 5) is 53.2. The monoisotopic (exact) mass is 773 g/mol. The highest BCUT2D eigenvalue weighted by atomic mass is 16.7. The molecule has 1 unspecified atom stereocenters. The van der Waals surface area contributed by atoms with Gasteiger partial charge in [-0.15, -0.1) is 0 Å². The Morgan fingerprint density at radius 2 is 1.71 bits per heavy atom. The number of benzene rings is 1. The van der Waals surface area contributed by atoms with Gasteiger partial charge in [0.1, 0.15) is 36.0 Å². The van der Waals surface area contributed by atoms with E-state index in [0.29, 0.717) is 17.8 Å². The number of Topliss-reactive ketones (excluding diaryl/α,β-unsaturated/α-hetero) is 1. The second-order valence-electron chi connectivity index (χ2n) is 16.3. The Morgan fingerprint density at radius 1 is 1.04 bits per heavy atom. The van der Waals surface area contributed by atoms with Crippen molar-refractivity contribution < 1.29 is 53.1 Å². The van der Waals surface area contributed by atoms with Crippen molar-refractivity contribution in [1.29, 1.82) is 0 Å². The number of carbonyl (C=O) groups is 3. The van der Waals surface area contributed by atoms with Crippen molar-refractivity contribution in [3.8, 4) is 0 Å². The first-order valence-electron chi connectivity index (χ1n) is 19.5. The van der Waals surface area contributed by atoms with Crippen LogP contribution in [0.1, 0.15) is 87.1 Å². The van der Waals surface area contributed by atoms with Crippen molar-refractivity contribution in [3.05, 3.63) is 35.9 Å². The fraction of sp³-hybridized carbons (Fsp3) is 0.732. The number of hydrogen-bond acceptors (Lipinski definition) is 13. The zero-order valence-corrected chi connectivity index (χ0v) is 34.4. The molecule has 0 spiro atoms. The third-order valence-corrected chi connectivity index (χ3v) is 11.4. The normalized spacial score (nSPS) is 39.9. The lowest BCUT2D eigenvalue weighted by molar-refractivity contribution is -0.296. The summed E-state index contributed by atoms with van der Waals surface area (Å²) in [7, 11) is 3.74. The van der Waals surface area contributed by atoms with Crippen LogP contribution in [0.25, 0.3) is 0 Å². The summed E-state index contributed by atoms with van der Waals surface area (Å²) in [6.07, 6.45) is -4.95. The van der Waals surface area contributed by atoms with Crippen LogP contribution in [0.15, 0.2) is 40.5 Å². The maximum atomic E-state index is 14.4. The molecule has 0 saturated carbocycles. The molecule has 13 atom stereocenters. The first-order chi connectivity index (χ1) is 25.8. The molecule has 14 nitrogen and oxygen atoms in total. The van der Waals surface area contributed by atoms with Gasteiger partial charge in [-0.2, -0.15) is 0 Å². The van der Waals surface area contributed by atoms with Gasteiger partial charge in [0.15, 0.2) is 12.1 Å². The van der Waals surface area contributed by atoms with E-state index in [2.05, 4.69) is 10.1 Å². The van der Waals surface area contributed by atoms with Crippen molar-refractivity contribution >= 4 is 29.1 Å². The summed E-state index contributed by atoms with van der Waals surface area (Å²) in [6.45, 7) is 15.0. The molecule has 1 amide bonds. The van der Waals surface area contributed by atoms with Gasteiger partial charge in [0, 0.05) is 30.5 Å². The van der Waals surface area contributed by atoms with Crippen LogP contribution >= 0.6 is 0 Å². The molecule has 3 saturated heterocycles.